The third-order valence-corrected chi connectivity index (χ3v) is 8.67. The van der Waals surface area contributed by atoms with Crippen molar-refractivity contribution in [2.45, 2.75) is 91.5 Å². The quantitative estimate of drug-likeness (QED) is 0.113. The van der Waals surface area contributed by atoms with E-state index in [2.05, 4.69) is 25.3 Å². The minimum atomic E-state index is -1.88. The van der Waals surface area contributed by atoms with Crippen LogP contribution in [0.1, 0.15) is 88.5 Å². The molecule has 0 aliphatic carbocycles. The van der Waals surface area contributed by atoms with Crippen LogP contribution >= 0.6 is 0 Å². The highest BCUT2D eigenvalue weighted by Crippen LogP contribution is 2.40. The SMILES string of the molecule is C=C(C)CCN(CCC)Cc1c(OC(=O)CC=CCCC)ccc2nc3c(cc12)Cn1c-3cc2c(c1=O)COC(=O)C2(O)CC. The standard InChI is InChI=1S/C36H43N3O6/c1-6-9-10-11-12-32(40)45-31-14-13-29-25(26(31)21-38(16-7-2)17-15-23(4)5)18-24-20-39-30(33(24)37-29)19-28-27(34(39)41)22-44-35(42)36(28,43)8-3/h10-11,13-14,18-19,43H,4,6-9,12,15-17,20-22H2,1-3,5H3. The van der Waals surface area contributed by atoms with Gasteiger partial charge in [0.05, 0.1) is 35.4 Å². The maximum absolute atomic E-state index is 13.6. The first-order valence-corrected chi connectivity index (χ1v) is 16.0. The summed E-state index contributed by atoms with van der Waals surface area (Å²) in [4.78, 5) is 46.4. The predicted molar refractivity (Wildman–Crippen MR) is 174 cm³/mol. The Bertz CT molecular complexity index is 1740. The lowest BCUT2D eigenvalue weighted by Gasteiger charge is -2.31. The second kappa shape index (κ2) is 13.5. The van der Waals surface area contributed by atoms with Gasteiger partial charge in [-0.25, -0.2) is 9.78 Å². The summed E-state index contributed by atoms with van der Waals surface area (Å²) in [6, 6.07) is 7.39. The molecule has 1 N–H and O–H groups in total. The molecule has 0 saturated carbocycles. The topological polar surface area (TPSA) is 111 Å². The molecule has 0 saturated heterocycles. The number of hydrogen-bond donors (Lipinski definition) is 1. The van der Waals surface area contributed by atoms with Crippen LogP contribution < -0.4 is 10.3 Å². The van der Waals surface area contributed by atoms with E-state index in [0.29, 0.717) is 29.2 Å². The van der Waals surface area contributed by atoms with Gasteiger partial charge in [-0.1, -0.05) is 44.9 Å². The number of hydrogen-bond acceptors (Lipinski definition) is 8. The summed E-state index contributed by atoms with van der Waals surface area (Å²) in [5.74, 6) is -0.574. The van der Waals surface area contributed by atoms with Crippen LogP contribution in [0.5, 0.6) is 5.75 Å². The van der Waals surface area contributed by atoms with E-state index in [1.54, 1.807) is 23.6 Å². The lowest BCUT2D eigenvalue weighted by molar-refractivity contribution is -0.172. The number of aromatic nitrogens is 2. The number of pyridine rings is 2. The number of carbonyl (C=O) groups excluding carboxylic acids is 2. The van der Waals surface area contributed by atoms with Gasteiger partial charge < -0.3 is 19.1 Å². The van der Waals surface area contributed by atoms with E-state index >= 15 is 0 Å². The molecular formula is C36H43N3O6. The smallest absolute Gasteiger partial charge is 0.343 e. The Kier molecular flexibility index (Phi) is 9.70. The zero-order chi connectivity index (χ0) is 32.3. The van der Waals surface area contributed by atoms with Gasteiger partial charge in [-0.05, 0) is 63.4 Å². The highest BCUT2D eigenvalue weighted by molar-refractivity contribution is 5.90. The zero-order valence-corrected chi connectivity index (χ0v) is 26.8. The molecule has 5 rings (SSSR count). The van der Waals surface area contributed by atoms with E-state index in [4.69, 9.17) is 14.5 Å². The van der Waals surface area contributed by atoms with Crippen LogP contribution in [0.25, 0.3) is 22.3 Å². The van der Waals surface area contributed by atoms with E-state index in [-0.39, 0.29) is 48.6 Å². The summed E-state index contributed by atoms with van der Waals surface area (Å²) in [6.07, 6.45) is 7.86. The fourth-order valence-electron chi connectivity index (χ4n) is 6.14. The number of benzene rings is 1. The Labute approximate surface area is 264 Å². The largest absolute Gasteiger partial charge is 0.458 e. The van der Waals surface area contributed by atoms with Crippen molar-refractivity contribution in [1.82, 2.24) is 14.5 Å². The maximum Gasteiger partial charge on any atom is 0.343 e. The molecule has 2 aliphatic rings. The molecule has 1 aromatic carbocycles. The molecule has 1 unspecified atom stereocenters. The number of carbonyl (C=O) groups is 2. The summed E-state index contributed by atoms with van der Waals surface area (Å²) in [5, 5.41) is 12.1. The Hall–Kier alpha value is -4.08. The lowest BCUT2D eigenvalue weighted by atomic mass is 9.86. The molecule has 2 aromatic heterocycles. The van der Waals surface area contributed by atoms with E-state index in [0.717, 1.165) is 60.9 Å². The van der Waals surface area contributed by atoms with Crippen LogP contribution in [0.3, 0.4) is 0 Å². The van der Waals surface area contributed by atoms with Gasteiger partial charge in [0.25, 0.3) is 5.56 Å². The van der Waals surface area contributed by atoms with Crippen molar-refractivity contribution in [3.05, 3.63) is 81.2 Å². The molecule has 4 heterocycles. The van der Waals surface area contributed by atoms with Gasteiger partial charge in [0, 0.05) is 35.2 Å². The second-order valence-corrected chi connectivity index (χ2v) is 12.1. The molecule has 2 aliphatic heterocycles. The number of ether oxygens (including phenoxy) is 2. The van der Waals surface area contributed by atoms with Crippen molar-refractivity contribution >= 4 is 22.8 Å². The summed E-state index contributed by atoms with van der Waals surface area (Å²) in [6.45, 7) is 14.4. The highest BCUT2D eigenvalue weighted by atomic mass is 16.6. The maximum atomic E-state index is 13.6. The summed E-state index contributed by atoms with van der Waals surface area (Å²) in [5.41, 5.74) is 3.09. The van der Waals surface area contributed by atoms with E-state index in [1.165, 1.54) is 0 Å². The molecule has 45 heavy (non-hydrogen) atoms. The fraction of sp³-hybridized carbons (Fsp3) is 0.444. The van der Waals surface area contributed by atoms with Crippen LogP contribution in [-0.4, -0.2) is 44.6 Å². The number of esters is 2. The number of unbranched alkanes of at least 4 members (excludes halogenated alkanes) is 1. The number of fused-ring (bicyclic) bond motifs is 5. The van der Waals surface area contributed by atoms with Crippen molar-refractivity contribution < 1.29 is 24.2 Å². The second-order valence-electron chi connectivity index (χ2n) is 12.1. The van der Waals surface area contributed by atoms with Crippen molar-refractivity contribution in [3.63, 3.8) is 0 Å². The summed E-state index contributed by atoms with van der Waals surface area (Å²) >= 11 is 0. The van der Waals surface area contributed by atoms with Crippen LogP contribution in [0.2, 0.25) is 0 Å². The predicted octanol–water partition coefficient (Wildman–Crippen LogP) is 5.91. The lowest BCUT2D eigenvalue weighted by Crippen LogP contribution is -2.44. The Balaban J connectivity index is 1.60. The number of aliphatic hydroxyl groups is 1. The van der Waals surface area contributed by atoms with Crippen LogP contribution in [0, 0.1) is 0 Å². The van der Waals surface area contributed by atoms with Gasteiger partial charge in [0.15, 0.2) is 5.60 Å². The molecule has 9 nitrogen and oxygen atoms in total. The molecule has 0 fully saturated rings. The average Bonchev–Trinajstić information content (AvgIpc) is 3.38. The van der Waals surface area contributed by atoms with Crippen molar-refractivity contribution in [1.29, 1.82) is 0 Å². The van der Waals surface area contributed by atoms with Gasteiger partial charge in [-0.3, -0.25) is 14.5 Å². The third-order valence-electron chi connectivity index (χ3n) is 8.67. The summed E-state index contributed by atoms with van der Waals surface area (Å²) < 4.78 is 12.8. The van der Waals surface area contributed by atoms with Crippen LogP contribution in [0.4, 0.5) is 0 Å². The highest BCUT2D eigenvalue weighted by Gasteiger charge is 2.45. The Morgan fingerprint density at radius 1 is 1.18 bits per heavy atom. The van der Waals surface area contributed by atoms with Crippen molar-refractivity contribution in [2.75, 3.05) is 13.1 Å². The molecule has 1 atom stereocenters. The Morgan fingerprint density at radius 3 is 2.69 bits per heavy atom. The number of allylic oxidation sites excluding steroid dienone is 1. The molecule has 0 amide bonds. The molecule has 0 radical (unpaired) electrons. The monoisotopic (exact) mass is 613 g/mol. The average molecular weight is 614 g/mol. The first-order chi connectivity index (χ1) is 21.6. The van der Waals surface area contributed by atoms with Gasteiger partial charge in [-0.15, -0.1) is 6.58 Å². The molecule has 0 spiro atoms. The molecule has 238 valence electrons. The first kappa shape index (κ1) is 32.3. The van der Waals surface area contributed by atoms with Crippen LogP contribution in [-0.2, 0) is 39.6 Å². The minimum absolute atomic E-state index is 0.0820. The van der Waals surface area contributed by atoms with E-state index < -0.39 is 11.6 Å². The van der Waals surface area contributed by atoms with Crippen LogP contribution in [0.15, 0.2) is 53.4 Å². The Morgan fingerprint density at radius 2 is 1.98 bits per heavy atom. The van der Waals surface area contributed by atoms with Gasteiger partial charge in [0.2, 0.25) is 0 Å². The van der Waals surface area contributed by atoms with Gasteiger partial charge in [-0.2, -0.15) is 0 Å². The first-order valence-electron chi connectivity index (χ1n) is 16.0. The van der Waals surface area contributed by atoms with Crippen molar-refractivity contribution in [3.8, 4) is 17.1 Å². The van der Waals surface area contributed by atoms with Gasteiger partial charge >= 0.3 is 11.9 Å². The molecule has 9 heteroatoms. The van der Waals surface area contributed by atoms with Gasteiger partial charge in [0.1, 0.15) is 12.4 Å². The molecule has 0 bridgehead atoms. The molecule has 3 aromatic rings. The fourth-order valence-corrected chi connectivity index (χ4v) is 6.14. The third kappa shape index (κ3) is 6.37. The van der Waals surface area contributed by atoms with Crippen molar-refractivity contribution in [2.24, 2.45) is 0 Å². The number of rotatable bonds is 13. The number of cyclic esters (lactones) is 1. The number of nitrogens with zero attached hydrogens (tertiary/aromatic N) is 3. The minimum Gasteiger partial charge on any atom is -0.458 e. The zero-order valence-electron chi connectivity index (χ0n) is 26.8. The summed E-state index contributed by atoms with van der Waals surface area (Å²) in [7, 11) is 0. The van der Waals surface area contributed by atoms with E-state index in [1.807, 2.05) is 31.2 Å². The normalized spacial score (nSPS) is 17.0. The van der Waals surface area contributed by atoms with E-state index in [9.17, 15) is 19.5 Å². The molecular weight excluding hydrogens is 570 g/mol.